The van der Waals surface area contributed by atoms with Crippen LogP contribution in [0, 0.1) is 0 Å². The molecule has 3 aromatic rings. The van der Waals surface area contributed by atoms with Crippen LogP contribution in [0.15, 0.2) is 70.7 Å². The Morgan fingerprint density at radius 3 is 2.54 bits per heavy atom. The smallest absolute Gasteiger partial charge is 0.416 e. The van der Waals surface area contributed by atoms with Gasteiger partial charge in [0, 0.05) is 5.56 Å². The maximum Gasteiger partial charge on any atom is 0.416 e. The van der Waals surface area contributed by atoms with Crippen molar-refractivity contribution in [3.05, 3.63) is 83.1 Å². The van der Waals surface area contributed by atoms with E-state index >= 15 is 0 Å². The summed E-state index contributed by atoms with van der Waals surface area (Å²) in [6.45, 7) is 0. The quantitative estimate of drug-likeness (QED) is 0.244. The largest absolute Gasteiger partial charge is 0.465 e. The van der Waals surface area contributed by atoms with Gasteiger partial charge in [0.15, 0.2) is 5.11 Å². The Bertz CT molecular complexity index is 1390. The minimum absolute atomic E-state index is 0.0926. The highest BCUT2D eigenvalue weighted by atomic mass is 32.1. The minimum atomic E-state index is -4.64. The van der Waals surface area contributed by atoms with Gasteiger partial charge >= 0.3 is 12.1 Å². The summed E-state index contributed by atoms with van der Waals surface area (Å²) in [5.74, 6) is -1.98. The van der Waals surface area contributed by atoms with Crippen LogP contribution in [0.5, 0.6) is 0 Å². The van der Waals surface area contributed by atoms with Crippen molar-refractivity contribution in [1.29, 1.82) is 0 Å². The number of hydrogen-bond donors (Lipinski definition) is 1. The van der Waals surface area contributed by atoms with Gasteiger partial charge < -0.3 is 9.15 Å². The second kappa shape index (κ2) is 9.18. The molecule has 1 aliphatic rings. The zero-order valence-corrected chi connectivity index (χ0v) is 18.7. The first-order chi connectivity index (χ1) is 16.6. The molecule has 1 fully saturated rings. The molecular weight excluding hydrogens is 485 g/mol. The summed E-state index contributed by atoms with van der Waals surface area (Å²) in [7, 11) is 1.24. The Kier molecular flexibility index (Phi) is 6.27. The topological polar surface area (TPSA) is 88.9 Å². The van der Waals surface area contributed by atoms with Gasteiger partial charge in [-0.2, -0.15) is 13.2 Å². The van der Waals surface area contributed by atoms with Gasteiger partial charge in [0.05, 0.1) is 23.9 Å². The molecule has 4 rings (SSSR count). The average Bonchev–Trinajstić information content (AvgIpc) is 3.29. The number of nitrogens with zero attached hydrogens (tertiary/aromatic N) is 1. The van der Waals surface area contributed by atoms with E-state index in [9.17, 15) is 27.6 Å². The van der Waals surface area contributed by atoms with E-state index in [0.29, 0.717) is 5.56 Å². The van der Waals surface area contributed by atoms with E-state index in [4.69, 9.17) is 21.4 Å². The molecule has 0 bridgehead atoms. The van der Waals surface area contributed by atoms with Crippen LogP contribution in [0.2, 0.25) is 0 Å². The summed E-state index contributed by atoms with van der Waals surface area (Å²) < 4.78 is 49.9. The summed E-state index contributed by atoms with van der Waals surface area (Å²) in [6.07, 6.45) is -3.49. The number of nitrogens with one attached hydrogen (secondary N) is 1. The normalized spacial score (nSPS) is 15.4. The number of rotatable bonds is 4. The average molecular weight is 500 g/mol. The van der Waals surface area contributed by atoms with E-state index in [1.807, 2.05) is 0 Å². The number of thiocarbonyl (C=S) groups is 1. The van der Waals surface area contributed by atoms with E-state index in [1.165, 1.54) is 25.3 Å². The number of hydrogen-bond acceptors (Lipinski definition) is 6. The first-order valence-electron chi connectivity index (χ1n) is 9.96. The van der Waals surface area contributed by atoms with Crippen molar-refractivity contribution in [2.45, 2.75) is 6.18 Å². The van der Waals surface area contributed by atoms with Gasteiger partial charge in [0.2, 0.25) is 0 Å². The predicted octanol–water partition coefficient (Wildman–Crippen LogP) is 4.58. The van der Waals surface area contributed by atoms with Gasteiger partial charge in [0.1, 0.15) is 17.1 Å². The highest BCUT2D eigenvalue weighted by Gasteiger charge is 2.37. The molecule has 178 valence electrons. The maximum atomic E-state index is 13.1. The number of esters is 1. The van der Waals surface area contributed by atoms with Crippen molar-refractivity contribution in [1.82, 2.24) is 5.32 Å². The van der Waals surface area contributed by atoms with Gasteiger partial charge in [0.25, 0.3) is 11.8 Å². The van der Waals surface area contributed by atoms with E-state index < -0.39 is 35.1 Å². The molecule has 0 aliphatic carbocycles. The molecule has 2 heterocycles. The molecule has 0 spiro atoms. The van der Waals surface area contributed by atoms with Crippen molar-refractivity contribution >= 4 is 46.9 Å². The van der Waals surface area contributed by atoms with Crippen LogP contribution in [0.25, 0.3) is 17.4 Å². The zero-order valence-electron chi connectivity index (χ0n) is 17.9. The molecule has 1 aliphatic heterocycles. The Labute approximate surface area is 201 Å². The number of amides is 2. The first-order valence-corrected chi connectivity index (χ1v) is 10.4. The summed E-state index contributed by atoms with van der Waals surface area (Å²) in [5.41, 5.74) is -0.870. The zero-order chi connectivity index (χ0) is 25.3. The SMILES string of the molecule is COC(=O)c1ccccc1-c1ccc(/C=C2\C(=O)NC(=S)N(c3cccc(C(F)(F)F)c3)C2=O)o1. The minimum Gasteiger partial charge on any atom is -0.465 e. The van der Waals surface area contributed by atoms with Gasteiger partial charge in [-0.25, -0.2) is 4.79 Å². The lowest BCUT2D eigenvalue weighted by atomic mass is 10.1. The highest BCUT2D eigenvalue weighted by molar-refractivity contribution is 7.80. The number of halogens is 3. The van der Waals surface area contributed by atoms with Crippen LogP contribution < -0.4 is 10.2 Å². The van der Waals surface area contributed by atoms with Crippen LogP contribution in [0.1, 0.15) is 21.7 Å². The number of anilines is 1. The number of methoxy groups -OCH3 is 1. The molecule has 11 heteroatoms. The second-order valence-corrected chi connectivity index (χ2v) is 7.63. The maximum absolute atomic E-state index is 13.1. The fraction of sp³-hybridized carbons (Fsp3) is 0.0833. The molecule has 0 unspecified atom stereocenters. The van der Waals surface area contributed by atoms with Crippen LogP contribution in [-0.2, 0) is 20.5 Å². The van der Waals surface area contributed by atoms with E-state index in [0.717, 1.165) is 29.2 Å². The lowest BCUT2D eigenvalue weighted by molar-refractivity contribution is -0.137. The fourth-order valence-corrected chi connectivity index (χ4v) is 3.70. The molecule has 7 nitrogen and oxygen atoms in total. The number of carbonyl (C=O) groups excluding carboxylic acids is 3. The summed E-state index contributed by atoms with van der Waals surface area (Å²) in [6, 6.07) is 13.5. The Morgan fingerprint density at radius 2 is 1.83 bits per heavy atom. The van der Waals surface area contributed by atoms with Crippen molar-refractivity contribution < 1.29 is 36.7 Å². The molecular formula is C24H15F3N2O5S. The first kappa shape index (κ1) is 23.9. The lowest BCUT2D eigenvalue weighted by Gasteiger charge is -2.29. The third kappa shape index (κ3) is 4.71. The molecule has 35 heavy (non-hydrogen) atoms. The Balaban J connectivity index is 1.69. The van der Waals surface area contributed by atoms with Gasteiger partial charge in [-0.05, 0) is 54.7 Å². The van der Waals surface area contributed by atoms with Crippen LogP contribution in [0.3, 0.4) is 0 Å². The van der Waals surface area contributed by atoms with Crippen molar-refractivity contribution in [3.8, 4) is 11.3 Å². The number of alkyl halides is 3. The molecule has 0 radical (unpaired) electrons. The summed E-state index contributed by atoms with van der Waals surface area (Å²) in [4.78, 5) is 38.4. The Morgan fingerprint density at radius 1 is 1.09 bits per heavy atom. The van der Waals surface area contributed by atoms with E-state index in [-0.39, 0.29) is 27.9 Å². The molecule has 1 N–H and O–H groups in total. The second-order valence-electron chi connectivity index (χ2n) is 7.25. The third-order valence-corrected chi connectivity index (χ3v) is 5.33. The number of benzene rings is 2. The van der Waals surface area contributed by atoms with Gasteiger partial charge in [-0.3, -0.25) is 19.8 Å². The number of ether oxygens (including phenoxy) is 1. The molecule has 1 saturated heterocycles. The highest BCUT2D eigenvalue weighted by Crippen LogP contribution is 2.33. The Hall–Kier alpha value is -4.25. The van der Waals surface area contributed by atoms with Crippen LogP contribution >= 0.6 is 12.2 Å². The number of carbonyl (C=O) groups is 3. The van der Waals surface area contributed by atoms with Gasteiger partial charge in [-0.1, -0.05) is 24.3 Å². The summed E-state index contributed by atoms with van der Waals surface area (Å²) >= 11 is 5.03. The van der Waals surface area contributed by atoms with Crippen molar-refractivity contribution in [2.75, 3.05) is 12.0 Å². The fourth-order valence-electron chi connectivity index (χ4n) is 3.42. The van der Waals surface area contributed by atoms with Crippen LogP contribution in [0.4, 0.5) is 18.9 Å². The van der Waals surface area contributed by atoms with Gasteiger partial charge in [-0.15, -0.1) is 0 Å². The molecule has 0 atom stereocenters. The standard InChI is InChI=1S/C24H15F3N2O5S/c1-33-22(32)17-8-3-2-7-16(17)19-10-9-15(34-19)12-18-20(30)28-23(35)29(21(18)31)14-6-4-5-13(11-14)24(25,26)27/h2-12H,1H3,(H,28,30,35)/b18-12+. The lowest BCUT2D eigenvalue weighted by Crippen LogP contribution is -2.54. The molecule has 1 aromatic heterocycles. The van der Waals surface area contributed by atoms with E-state index in [1.54, 1.807) is 24.3 Å². The summed E-state index contributed by atoms with van der Waals surface area (Å²) in [5, 5.41) is 1.94. The molecule has 0 saturated carbocycles. The number of furan rings is 1. The third-order valence-electron chi connectivity index (χ3n) is 5.04. The molecule has 2 aromatic carbocycles. The molecule has 2 amide bonds. The van der Waals surface area contributed by atoms with Crippen molar-refractivity contribution in [3.63, 3.8) is 0 Å². The van der Waals surface area contributed by atoms with Crippen molar-refractivity contribution in [2.24, 2.45) is 0 Å². The predicted molar refractivity (Wildman–Crippen MR) is 123 cm³/mol. The van der Waals surface area contributed by atoms with Crippen LogP contribution in [-0.4, -0.2) is 30.0 Å². The monoisotopic (exact) mass is 500 g/mol. The van der Waals surface area contributed by atoms with E-state index in [2.05, 4.69) is 5.32 Å².